The van der Waals surface area contributed by atoms with Crippen molar-refractivity contribution in [1.82, 2.24) is 14.7 Å². The first-order valence-electron chi connectivity index (χ1n) is 8.03. The van der Waals surface area contributed by atoms with E-state index in [1.807, 2.05) is 6.92 Å². The minimum atomic E-state index is -2.62. The van der Waals surface area contributed by atoms with Crippen molar-refractivity contribution in [3.63, 3.8) is 0 Å². The number of aliphatic hydroxyl groups is 1. The van der Waals surface area contributed by atoms with Crippen molar-refractivity contribution in [3.8, 4) is 0 Å². The highest BCUT2D eigenvalue weighted by atomic mass is 79.9. The summed E-state index contributed by atoms with van der Waals surface area (Å²) < 4.78 is 14.6. The van der Waals surface area contributed by atoms with Gasteiger partial charge < -0.3 is 15.7 Å². The van der Waals surface area contributed by atoms with Crippen LogP contribution in [0.1, 0.15) is 24.2 Å². The van der Waals surface area contributed by atoms with Crippen LogP contribution in [0.4, 0.5) is 17.5 Å². The lowest BCUT2D eigenvalue weighted by Gasteiger charge is -2.18. The third-order valence-electron chi connectivity index (χ3n) is 3.54. The first-order valence-corrected chi connectivity index (χ1v) is 11.0. The van der Waals surface area contributed by atoms with E-state index in [4.69, 9.17) is 0 Å². The number of benzene rings is 1. The molecule has 0 fully saturated rings. The van der Waals surface area contributed by atoms with Gasteiger partial charge in [0.25, 0.3) is 5.91 Å². The topological polar surface area (TPSA) is 116 Å². The quantitative estimate of drug-likeness (QED) is 0.472. The zero-order valence-electron chi connectivity index (χ0n) is 15.2. The Morgan fingerprint density at radius 2 is 1.93 bits per heavy atom. The van der Waals surface area contributed by atoms with E-state index >= 15 is 0 Å². The van der Waals surface area contributed by atoms with E-state index in [9.17, 15) is 14.1 Å². The molecule has 10 heteroatoms. The maximum atomic E-state index is 12.0. The normalized spacial score (nSPS) is 15.3. The molecule has 2 rings (SSSR count). The monoisotopic (exact) mass is 455 g/mol. The van der Waals surface area contributed by atoms with E-state index in [-0.39, 0.29) is 6.04 Å². The highest BCUT2D eigenvalue weighted by Gasteiger charge is 2.13. The van der Waals surface area contributed by atoms with Crippen molar-refractivity contribution in [3.05, 3.63) is 40.5 Å². The van der Waals surface area contributed by atoms with Crippen LogP contribution < -0.4 is 15.4 Å². The second-order valence-electron chi connectivity index (χ2n) is 6.20. The first-order chi connectivity index (χ1) is 12.5. The fourth-order valence-corrected chi connectivity index (χ4v) is 2.77. The summed E-state index contributed by atoms with van der Waals surface area (Å²) in [7, 11) is -2.62. The summed E-state index contributed by atoms with van der Waals surface area (Å²) in [5, 5.41) is 15.8. The Balaban J connectivity index is 2.12. The van der Waals surface area contributed by atoms with E-state index in [0.29, 0.717) is 27.5 Å². The molecule has 8 nitrogen and oxygen atoms in total. The standard InChI is InChI=1S/C17H22BrN5O3S/c1-10(11(2)24)20-15-14(18)9-19-17(22-15)21-13-7-5-12(6-8-13)16(25)23-27(3,4)26/h5-11,24H,3H2,1-2,4H3,(H,23,25,26)(H2,19,20,21,22)/t10-,11-,27?/m1/s1. The van der Waals surface area contributed by atoms with Crippen LogP contribution in [0, 0.1) is 0 Å². The second-order valence-corrected chi connectivity index (χ2v) is 9.27. The van der Waals surface area contributed by atoms with E-state index < -0.39 is 21.7 Å². The molecule has 27 heavy (non-hydrogen) atoms. The number of nitrogens with one attached hydrogen (secondary N) is 3. The minimum Gasteiger partial charge on any atom is -0.391 e. The van der Waals surface area contributed by atoms with Crippen LogP contribution in [0.3, 0.4) is 0 Å². The Kier molecular flexibility index (Phi) is 6.79. The van der Waals surface area contributed by atoms with Crippen molar-refractivity contribution in [2.75, 3.05) is 16.9 Å². The molecule has 0 spiro atoms. The number of aliphatic hydroxyl groups excluding tert-OH is 1. The molecule has 1 aromatic carbocycles. The highest BCUT2D eigenvalue weighted by Crippen LogP contribution is 2.23. The molecule has 4 N–H and O–H groups in total. The molecule has 0 aliphatic carbocycles. The van der Waals surface area contributed by atoms with Crippen molar-refractivity contribution in [2.45, 2.75) is 26.0 Å². The van der Waals surface area contributed by atoms with Gasteiger partial charge in [-0.15, -0.1) is 0 Å². The number of hydrogen-bond acceptors (Lipinski definition) is 7. The minimum absolute atomic E-state index is 0.191. The van der Waals surface area contributed by atoms with Gasteiger partial charge in [0, 0.05) is 33.4 Å². The van der Waals surface area contributed by atoms with Crippen LogP contribution in [0.2, 0.25) is 0 Å². The summed E-state index contributed by atoms with van der Waals surface area (Å²) in [6, 6.07) is 6.37. The van der Waals surface area contributed by atoms with Gasteiger partial charge in [0.2, 0.25) is 5.95 Å². The number of halogens is 1. The molecule has 0 aliphatic rings. The van der Waals surface area contributed by atoms with Crippen molar-refractivity contribution >= 4 is 54.9 Å². The predicted molar refractivity (Wildman–Crippen MR) is 113 cm³/mol. The number of rotatable bonds is 7. The summed E-state index contributed by atoms with van der Waals surface area (Å²) in [6.07, 6.45) is 2.41. The lowest BCUT2D eigenvalue weighted by Crippen LogP contribution is -2.29. The van der Waals surface area contributed by atoms with E-state index in [2.05, 4.69) is 47.1 Å². The van der Waals surface area contributed by atoms with Gasteiger partial charge in [-0.1, -0.05) is 0 Å². The maximum Gasteiger partial charge on any atom is 0.262 e. The maximum absolute atomic E-state index is 12.0. The van der Waals surface area contributed by atoms with Gasteiger partial charge in [0.15, 0.2) is 0 Å². The Morgan fingerprint density at radius 3 is 2.48 bits per heavy atom. The van der Waals surface area contributed by atoms with Crippen molar-refractivity contribution in [2.24, 2.45) is 0 Å². The van der Waals surface area contributed by atoms with Crippen LogP contribution >= 0.6 is 15.9 Å². The van der Waals surface area contributed by atoms with Gasteiger partial charge in [0.1, 0.15) is 5.82 Å². The fourth-order valence-electron chi connectivity index (χ4n) is 1.95. The first kappa shape index (κ1) is 21.1. The van der Waals surface area contributed by atoms with E-state index in [0.717, 1.165) is 0 Å². The number of aromatic nitrogens is 2. The van der Waals surface area contributed by atoms with Gasteiger partial charge in [-0.05, 0) is 59.9 Å². The van der Waals surface area contributed by atoms with E-state index in [1.54, 1.807) is 37.4 Å². The number of carbonyl (C=O) groups excluding carboxylic acids is 1. The molecule has 1 amide bonds. The summed E-state index contributed by atoms with van der Waals surface area (Å²) in [4.78, 5) is 20.5. The van der Waals surface area contributed by atoms with Gasteiger partial charge in [-0.3, -0.25) is 9.52 Å². The Morgan fingerprint density at radius 1 is 1.30 bits per heavy atom. The van der Waals surface area contributed by atoms with Gasteiger partial charge in [0.05, 0.1) is 16.6 Å². The third kappa shape index (κ3) is 6.49. The molecule has 2 aromatic rings. The van der Waals surface area contributed by atoms with Crippen molar-refractivity contribution < 1.29 is 14.1 Å². The zero-order valence-corrected chi connectivity index (χ0v) is 17.6. The molecule has 0 saturated heterocycles. The Bertz CT molecular complexity index is 917. The second kappa shape index (κ2) is 8.68. The molecular formula is C17H22BrN5O3S. The smallest absolute Gasteiger partial charge is 0.262 e. The average Bonchev–Trinajstić information content (AvgIpc) is 2.56. The predicted octanol–water partition coefficient (Wildman–Crippen LogP) is 2.15. The van der Waals surface area contributed by atoms with Crippen LogP contribution in [0.25, 0.3) is 0 Å². The van der Waals surface area contributed by atoms with Crippen LogP contribution in [-0.2, 0) is 9.71 Å². The Labute approximate surface area is 167 Å². The molecule has 1 unspecified atom stereocenters. The van der Waals surface area contributed by atoms with Crippen LogP contribution in [0.15, 0.2) is 34.9 Å². The highest BCUT2D eigenvalue weighted by molar-refractivity contribution is 9.10. The van der Waals surface area contributed by atoms with Gasteiger partial charge in [-0.2, -0.15) is 4.98 Å². The number of nitrogens with zero attached hydrogens (tertiary/aromatic N) is 2. The number of carbonyl (C=O) groups is 1. The third-order valence-corrected chi connectivity index (χ3v) is 4.74. The molecule has 1 heterocycles. The summed E-state index contributed by atoms with van der Waals surface area (Å²) in [5.41, 5.74) is 1.04. The van der Waals surface area contributed by atoms with E-state index in [1.165, 1.54) is 6.26 Å². The molecule has 0 radical (unpaired) electrons. The van der Waals surface area contributed by atoms with Crippen LogP contribution in [0.5, 0.6) is 0 Å². The lowest BCUT2D eigenvalue weighted by molar-refractivity contribution is 0.0983. The molecule has 1 aromatic heterocycles. The van der Waals surface area contributed by atoms with Crippen LogP contribution in [-0.4, -0.2) is 49.5 Å². The van der Waals surface area contributed by atoms with Gasteiger partial charge >= 0.3 is 0 Å². The number of hydrogen-bond donors (Lipinski definition) is 4. The fraction of sp³-hybridized carbons (Fsp3) is 0.294. The molecule has 146 valence electrons. The number of anilines is 3. The summed E-state index contributed by atoms with van der Waals surface area (Å²) in [6.45, 7) is 3.53. The molecule has 0 bridgehead atoms. The number of amides is 1. The Hall–Kier alpha value is -2.17. The van der Waals surface area contributed by atoms with Gasteiger partial charge in [-0.25, -0.2) is 9.19 Å². The average molecular weight is 456 g/mol. The zero-order chi connectivity index (χ0) is 20.2. The molecule has 3 atom stereocenters. The summed E-state index contributed by atoms with van der Waals surface area (Å²) >= 11 is 3.37. The SMILES string of the molecule is C=S(C)(=O)NC(=O)c1ccc(Nc2ncc(Br)c(N[C@H](C)[C@@H](C)O)n2)cc1. The molecule has 0 aliphatic heterocycles. The molecule has 0 saturated carbocycles. The summed E-state index contributed by atoms with van der Waals surface area (Å²) in [5.74, 6) is 3.84. The largest absolute Gasteiger partial charge is 0.391 e. The lowest BCUT2D eigenvalue weighted by atomic mass is 10.2. The molecular weight excluding hydrogens is 434 g/mol. The van der Waals surface area contributed by atoms with Crippen molar-refractivity contribution in [1.29, 1.82) is 0 Å².